The highest BCUT2D eigenvalue weighted by atomic mass is 28.4. The molecule has 0 saturated heterocycles. The average molecular weight is 514 g/mol. The lowest BCUT2D eigenvalue weighted by Gasteiger charge is -2.43. The summed E-state index contributed by atoms with van der Waals surface area (Å²) in [5.74, 6) is 0.612. The fourth-order valence-electron chi connectivity index (χ4n) is 7.24. The van der Waals surface area contributed by atoms with Crippen LogP contribution in [0.1, 0.15) is 77.5 Å². The summed E-state index contributed by atoms with van der Waals surface area (Å²) in [6, 6.07) is 33.4. The van der Waals surface area contributed by atoms with Gasteiger partial charge in [-0.05, 0) is 58.5 Å². The van der Waals surface area contributed by atoms with Gasteiger partial charge in [0.05, 0.1) is 5.54 Å². The number of benzene rings is 3. The van der Waals surface area contributed by atoms with Crippen molar-refractivity contribution in [3.8, 4) is 0 Å². The molecule has 2 nitrogen and oxygen atoms in total. The first-order valence-corrected chi connectivity index (χ1v) is 16.5. The normalized spacial score (nSPS) is 18.7. The van der Waals surface area contributed by atoms with E-state index in [-0.39, 0.29) is 0 Å². The molecule has 0 aliphatic heterocycles. The third-order valence-electron chi connectivity index (χ3n) is 8.86. The van der Waals surface area contributed by atoms with Crippen molar-refractivity contribution in [3.63, 3.8) is 0 Å². The van der Waals surface area contributed by atoms with E-state index in [0.717, 1.165) is 13.0 Å². The molecule has 2 atom stereocenters. The summed E-state index contributed by atoms with van der Waals surface area (Å²) in [4.78, 5) is 0. The molecule has 3 aromatic carbocycles. The molecule has 0 heterocycles. The third-order valence-corrected chi connectivity index (χ3v) is 14.9. The molecule has 3 aromatic rings. The maximum atomic E-state index is 7.04. The van der Waals surface area contributed by atoms with Crippen LogP contribution in [0.2, 0.25) is 16.6 Å². The zero-order valence-corrected chi connectivity index (χ0v) is 24.8. The Labute approximate surface area is 227 Å². The van der Waals surface area contributed by atoms with E-state index in [9.17, 15) is 0 Å². The van der Waals surface area contributed by atoms with Crippen molar-refractivity contribution in [2.75, 3.05) is 6.61 Å². The maximum Gasteiger partial charge on any atom is 0.200 e. The molecule has 0 radical (unpaired) electrons. The molecular formula is C34H47NOSi. The second kappa shape index (κ2) is 12.1. The lowest BCUT2D eigenvalue weighted by molar-refractivity contribution is 0.219. The van der Waals surface area contributed by atoms with Crippen molar-refractivity contribution in [2.24, 2.45) is 5.92 Å². The topological polar surface area (TPSA) is 21.3 Å². The number of rotatable bonds is 11. The van der Waals surface area contributed by atoms with Gasteiger partial charge in [0.25, 0.3) is 0 Å². The fourth-order valence-corrected chi connectivity index (χ4v) is 12.8. The maximum absolute atomic E-state index is 7.04. The quantitative estimate of drug-likeness (QED) is 0.204. The van der Waals surface area contributed by atoms with Crippen LogP contribution in [0.4, 0.5) is 0 Å². The van der Waals surface area contributed by atoms with Gasteiger partial charge in [0.1, 0.15) is 0 Å². The monoisotopic (exact) mass is 513 g/mol. The molecule has 1 N–H and O–H groups in total. The van der Waals surface area contributed by atoms with Gasteiger partial charge in [-0.25, -0.2) is 0 Å². The molecule has 37 heavy (non-hydrogen) atoms. The van der Waals surface area contributed by atoms with Gasteiger partial charge in [0, 0.05) is 12.6 Å². The van der Waals surface area contributed by atoms with Gasteiger partial charge in [-0.3, -0.25) is 5.32 Å². The molecule has 1 unspecified atom stereocenters. The van der Waals surface area contributed by atoms with Crippen LogP contribution in [0.5, 0.6) is 0 Å². The second-order valence-electron chi connectivity index (χ2n) is 12.0. The molecular weight excluding hydrogens is 466 g/mol. The summed E-state index contributed by atoms with van der Waals surface area (Å²) >= 11 is 0. The number of nitrogens with one attached hydrogen (secondary N) is 1. The minimum atomic E-state index is -1.84. The summed E-state index contributed by atoms with van der Waals surface area (Å²) < 4.78 is 7.04. The van der Waals surface area contributed by atoms with Crippen LogP contribution in [0.3, 0.4) is 0 Å². The van der Waals surface area contributed by atoms with Crippen molar-refractivity contribution < 1.29 is 4.43 Å². The molecule has 1 saturated carbocycles. The number of hydrogen-bond acceptors (Lipinski definition) is 2. The highest BCUT2D eigenvalue weighted by Gasteiger charge is 2.46. The molecule has 0 amide bonds. The molecule has 3 heteroatoms. The Morgan fingerprint density at radius 1 is 0.676 bits per heavy atom. The summed E-state index contributed by atoms with van der Waals surface area (Å²) in [7, 11) is -1.84. The van der Waals surface area contributed by atoms with Gasteiger partial charge in [-0.2, -0.15) is 0 Å². The zero-order chi connectivity index (χ0) is 26.5. The van der Waals surface area contributed by atoms with E-state index in [0.29, 0.717) is 28.6 Å². The predicted octanol–water partition coefficient (Wildman–Crippen LogP) is 8.93. The van der Waals surface area contributed by atoms with Gasteiger partial charge in [0.15, 0.2) is 8.32 Å². The second-order valence-corrected chi connectivity index (χ2v) is 17.5. The van der Waals surface area contributed by atoms with E-state index in [1.165, 1.54) is 29.5 Å². The molecule has 198 valence electrons. The Morgan fingerprint density at radius 2 is 1.08 bits per heavy atom. The summed E-state index contributed by atoms with van der Waals surface area (Å²) in [6.45, 7) is 15.2. The average Bonchev–Trinajstić information content (AvgIpc) is 3.36. The highest BCUT2D eigenvalue weighted by Crippen LogP contribution is 2.44. The van der Waals surface area contributed by atoms with Crippen LogP contribution in [-0.4, -0.2) is 21.0 Å². The van der Waals surface area contributed by atoms with E-state index in [1.807, 2.05) is 0 Å². The minimum absolute atomic E-state index is 0.392. The molecule has 0 bridgehead atoms. The molecule has 0 aromatic heterocycles. The van der Waals surface area contributed by atoms with Gasteiger partial charge in [-0.15, -0.1) is 0 Å². The third kappa shape index (κ3) is 5.65. The van der Waals surface area contributed by atoms with Gasteiger partial charge in [-0.1, -0.05) is 133 Å². The van der Waals surface area contributed by atoms with Crippen LogP contribution in [0.25, 0.3) is 0 Å². The van der Waals surface area contributed by atoms with Gasteiger partial charge >= 0.3 is 0 Å². The first-order valence-electron chi connectivity index (χ1n) is 14.4. The van der Waals surface area contributed by atoms with Crippen LogP contribution >= 0.6 is 0 Å². The minimum Gasteiger partial charge on any atom is -0.416 e. The lowest BCUT2D eigenvalue weighted by atomic mass is 9.76. The summed E-state index contributed by atoms with van der Waals surface area (Å²) in [5.41, 5.74) is 5.37. The van der Waals surface area contributed by atoms with E-state index in [2.05, 4.69) is 138 Å². The Morgan fingerprint density at radius 3 is 1.46 bits per heavy atom. The molecule has 1 aliphatic rings. The van der Waals surface area contributed by atoms with Crippen molar-refractivity contribution >= 4 is 8.32 Å². The summed E-state index contributed by atoms with van der Waals surface area (Å²) in [6.07, 6.45) is 3.57. The van der Waals surface area contributed by atoms with Crippen molar-refractivity contribution in [3.05, 3.63) is 108 Å². The predicted molar refractivity (Wildman–Crippen MR) is 160 cm³/mol. The van der Waals surface area contributed by atoms with Crippen LogP contribution in [-0.2, 0) is 9.96 Å². The number of hydrogen-bond donors (Lipinski definition) is 1. The Bertz CT molecular complexity index is 962. The van der Waals surface area contributed by atoms with E-state index in [4.69, 9.17) is 4.43 Å². The standard InChI is InChI=1S/C34H47NOSi/c1-26(2)37(27(3)4,28(5)6)36-25-29-22-23-33(24-29)35-34(30-16-10-7-11-17-30,31-18-12-8-13-19-31)32-20-14-9-15-21-32/h7-21,26-29,33,35H,22-25H2,1-6H3/t29?,33-/m0/s1. The molecule has 1 aliphatic carbocycles. The molecule has 0 spiro atoms. The van der Waals surface area contributed by atoms with Crippen LogP contribution in [0.15, 0.2) is 91.0 Å². The van der Waals surface area contributed by atoms with Gasteiger partial charge in [0.2, 0.25) is 0 Å². The van der Waals surface area contributed by atoms with Crippen molar-refractivity contribution in [1.29, 1.82) is 0 Å². The van der Waals surface area contributed by atoms with Crippen LogP contribution < -0.4 is 5.32 Å². The largest absolute Gasteiger partial charge is 0.416 e. The first-order chi connectivity index (χ1) is 17.8. The Hall–Kier alpha value is -2.20. The Kier molecular flexibility index (Phi) is 9.10. The molecule has 4 rings (SSSR count). The zero-order valence-electron chi connectivity index (χ0n) is 23.8. The Balaban J connectivity index is 1.62. The van der Waals surface area contributed by atoms with E-state index < -0.39 is 13.9 Å². The smallest absolute Gasteiger partial charge is 0.200 e. The van der Waals surface area contributed by atoms with E-state index >= 15 is 0 Å². The summed E-state index contributed by atoms with van der Waals surface area (Å²) in [5, 5.41) is 4.23. The molecule has 1 fully saturated rings. The fraction of sp³-hybridized carbons (Fsp3) is 0.471. The first kappa shape index (κ1) is 27.8. The van der Waals surface area contributed by atoms with Crippen molar-refractivity contribution in [2.45, 2.75) is 89.0 Å². The van der Waals surface area contributed by atoms with E-state index in [1.54, 1.807) is 0 Å². The van der Waals surface area contributed by atoms with Crippen LogP contribution in [0, 0.1) is 5.92 Å². The van der Waals surface area contributed by atoms with Gasteiger partial charge < -0.3 is 4.43 Å². The lowest BCUT2D eigenvalue weighted by Crippen LogP contribution is -2.49. The van der Waals surface area contributed by atoms with Crippen molar-refractivity contribution in [1.82, 2.24) is 5.32 Å². The SMILES string of the molecule is CC(C)[Si](OCC1CC[C@H](NC(c2ccccc2)(c2ccccc2)c2ccccc2)C1)(C(C)C)C(C)C. The highest BCUT2D eigenvalue weighted by molar-refractivity contribution is 6.77.